The molecule has 0 bridgehead atoms. The fraction of sp³-hybridized carbons (Fsp3) is 0.474. The summed E-state index contributed by atoms with van der Waals surface area (Å²) >= 11 is 0. The van der Waals surface area contributed by atoms with Gasteiger partial charge in [0.2, 0.25) is 0 Å². The molecule has 1 aromatic heterocycles. The quantitative estimate of drug-likeness (QED) is 0.828. The van der Waals surface area contributed by atoms with Crippen LogP contribution in [0.4, 0.5) is 0 Å². The monoisotopic (exact) mass is 328 g/mol. The molecule has 0 amide bonds. The molecule has 128 valence electrons. The van der Waals surface area contributed by atoms with Crippen molar-refractivity contribution in [3.8, 4) is 5.75 Å². The maximum atomic E-state index is 11.6. The summed E-state index contributed by atoms with van der Waals surface area (Å²) in [6.07, 6.45) is 2.78. The van der Waals surface area contributed by atoms with Gasteiger partial charge in [0.25, 0.3) is 0 Å². The molecule has 0 unspecified atom stereocenters. The normalized spacial score (nSPS) is 14.5. The Morgan fingerprint density at radius 1 is 1.33 bits per heavy atom. The maximum Gasteiger partial charge on any atom is 0.163 e. The molecule has 0 fully saturated rings. The number of aryl methyl sites for hydroxylation is 3. The minimum Gasteiger partial charge on any atom is -0.491 e. The molecule has 0 spiro atoms. The number of hydrogen-bond acceptors (Lipinski definition) is 4. The Hall–Kier alpha value is -2.14. The number of aliphatic hydroxyl groups excluding tert-OH is 1. The topological polar surface area (TPSA) is 64.4 Å². The van der Waals surface area contributed by atoms with Crippen LogP contribution >= 0.6 is 0 Å². The Balaban J connectivity index is 1.61. The van der Waals surface area contributed by atoms with Crippen LogP contribution in [-0.4, -0.2) is 33.4 Å². The molecule has 5 nitrogen and oxygen atoms in total. The second-order valence-electron chi connectivity index (χ2n) is 6.53. The lowest BCUT2D eigenvalue weighted by Gasteiger charge is -2.14. The lowest BCUT2D eigenvalue weighted by atomic mass is 10.1. The fourth-order valence-corrected chi connectivity index (χ4v) is 3.47. The SMILES string of the molecule is CC(=O)c1c(C)nn(C[C@H](O)COc2ccc3c(c2)CCC3)c1C. The van der Waals surface area contributed by atoms with Gasteiger partial charge in [0, 0.05) is 5.69 Å². The summed E-state index contributed by atoms with van der Waals surface area (Å²) in [6.45, 7) is 5.71. The van der Waals surface area contributed by atoms with Gasteiger partial charge < -0.3 is 9.84 Å². The molecular weight excluding hydrogens is 304 g/mol. The van der Waals surface area contributed by atoms with Gasteiger partial charge in [-0.25, -0.2) is 0 Å². The Kier molecular flexibility index (Phi) is 4.71. The molecule has 3 rings (SSSR count). The van der Waals surface area contributed by atoms with Gasteiger partial charge in [0.1, 0.15) is 18.5 Å². The van der Waals surface area contributed by atoms with Crippen molar-refractivity contribution in [1.29, 1.82) is 0 Å². The summed E-state index contributed by atoms with van der Waals surface area (Å²) in [5.74, 6) is 0.799. The fourth-order valence-electron chi connectivity index (χ4n) is 3.47. The highest BCUT2D eigenvalue weighted by molar-refractivity contribution is 5.96. The van der Waals surface area contributed by atoms with E-state index in [4.69, 9.17) is 4.74 Å². The van der Waals surface area contributed by atoms with Crippen LogP contribution in [0.3, 0.4) is 0 Å². The van der Waals surface area contributed by atoms with E-state index in [1.807, 2.05) is 19.9 Å². The van der Waals surface area contributed by atoms with Crippen molar-refractivity contribution in [2.75, 3.05) is 6.61 Å². The van der Waals surface area contributed by atoms with Crippen LogP contribution in [0.1, 0.15) is 46.2 Å². The highest BCUT2D eigenvalue weighted by atomic mass is 16.5. The van der Waals surface area contributed by atoms with E-state index in [0.717, 1.165) is 24.3 Å². The number of aromatic nitrogens is 2. The number of aliphatic hydroxyl groups is 1. The van der Waals surface area contributed by atoms with E-state index in [0.29, 0.717) is 17.8 Å². The van der Waals surface area contributed by atoms with Crippen LogP contribution in [0, 0.1) is 13.8 Å². The van der Waals surface area contributed by atoms with Gasteiger partial charge in [-0.05, 0) is 63.3 Å². The molecule has 0 aliphatic heterocycles. The van der Waals surface area contributed by atoms with Crippen molar-refractivity contribution in [2.24, 2.45) is 0 Å². The van der Waals surface area contributed by atoms with Crippen LogP contribution in [0.5, 0.6) is 5.75 Å². The molecular formula is C19H24N2O3. The zero-order chi connectivity index (χ0) is 17.3. The van der Waals surface area contributed by atoms with Crippen LogP contribution in [0.25, 0.3) is 0 Å². The Morgan fingerprint density at radius 3 is 2.79 bits per heavy atom. The van der Waals surface area contributed by atoms with Crippen molar-refractivity contribution in [1.82, 2.24) is 9.78 Å². The molecule has 1 aliphatic rings. The highest BCUT2D eigenvalue weighted by Gasteiger charge is 2.18. The predicted octanol–water partition coefficient (Wildman–Crippen LogP) is 2.63. The van der Waals surface area contributed by atoms with Crippen molar-refractivity contribution in [3.05, 3.63) is 46.3 Å². The average Bonchev–Trinajstić information content (AvgIpc) is 3.09. The lowest BCUT2D eigenvalue weighted by Crippen LogP contribution is -2.25. The number of carbonyl (C=O) groups is 1. The van der Waals surface area contributed by atoms with Gasteiger partial charge in [0.15, 0.2) is 5.78 Å². The van der Waals surface area contributed by atoms with Gasteiger partial charge in [-0.3, -0.25) is 9.48 Å². The number of hydrogen-bond donors (Lipinski definition) is 1. The number of ether oxygens (including phenoxy) is 1. The maximum absolute atomic E-state index is 11.6. The highest BCUT2D eigenvalue weighted by Crippen LogP contribution is 2.26. The molecule has 5 heteroatoms. The van der Waals surface area contributed by atoms with Crippen LogP contribution in [0.2, 0.25) is 0 Å². The Bertz CT molecular complexity index is 764. The van der Waals surface area contributed by atoms with E-state index in [-0.39, 0.29) is 12.4 Å². The summed E-state index contributed by atoms with van der Waals surface area (Å²) in [7, 11) is 0. The van der Waals surface area contributed by atoms with Crippen molar-refractivity contribution >= 4 is 5.78 Å². The number of carbonyl (C=O) groups excluding carboxylic acids is 1. The van der Waals surface area contributed by atoms with E-state index in [9.17, 15) is 9.90 Å². The zero-order valence-electron chi connectivity index (χ0n) is 14.5. The first-order valence-electron chi connectivity index (χ1n) is 8.43. The second kappa shape index (κ2) is 6.77. The van der Waals surface area contributed by atoms with Crippen LogP contribution in [-0.2, 0) is 19.4 Å². The zero-order valence-corrected chi connectivity index (χ0v) is 14.5. The summed E-state index contributed by atoms with van der Waals surface area (Å²) in [4.78, 5) is 11.6. The standard InChI is InChI=1S/C19H24N2O3/c1-12-19(14(3)22)13(2)21(20-12)10-17(23)11-24-18-8-7-15-5-4-6-16(15)9-18/h7-9,17,23H,4-6,10-11H2,1-3H3/t17-/m0/s1. The molecule has 0 saturated heterocycles. The number of rotatable bonds is 6. The molecule has 24 heavy (non-hydrogen) atoms. The smallest absolute Gasteiger partial charge is 0.163 e. The molecule has 0 saturated carbocycles. The summed E-state index contributed by atoms with van der Waals surface area (Å²) in [5.41, 5.74) is 4.89. The van der Waals surface area contributed by atoms with Crippen molar-refractivity contribution < 1.29 is 14.6 Å². The average molecular weight is 328 g/mol. The number of benzene rings is 1. The minimum atomic E-state index is -0.684. The van der Waals surface area contributed by atoms with Gasteiger partial charge in [0.05, 0.1) is 17.8 Å². The van der Waals surface area contributed by atoms with E-state index in [2.05, 4.69) is 17.2 Å². The molecule has 0 radical (unpaired) electrons. The Labute approximate surface area is 142 Å². The largest absolute Gasteiger partial charge is 0.491 e. The van der Waals surface area contributed by atoms with Crippen molar-refractivity contribution in [3.63, 3.8) is 0 Å². The van der Waals surface area contributed by atoms with E-state index in [1.54, 1.807) is 4.68 Å². The van der Waals surface area contributed by atoms with Crippen LogP contribution in [0.15, 0.2) is 18.2 Å². The summed E-state index contributed by atoms with van der Waals surface area (Å²) in [5, 5.41) is 14.6. The molecule has 1 atom stereocenters. The number of Topliss-reactive ketones (excluding diaryl/α,β-unsaturated/α-hetero) is 1. The molecule has 1 aromatic carbocycles. The summed E-state index contributed by atoms with van der Waals surface area (Å²) in [6, 6.07) is 6.16. The molecule has 1 aliphatic carbocycles. The third-order valence-electron chi connectivity index (χ3n) is 4.63. The van der Waals surface area contributed by atoms with Gasteiger partial charge in [-0.2, -0.15) is 5.10 Å². The van der Waals surface area contributed by atoms with Crippen LogP contribution < -0.4 is 4.74 Å². The summed E-state index contributed by atoms with van der Waals surface area (Å²) < 4.78 is 7.41. The minimum absolute atomic E-state index is 0.000121. The van der Waals surface area contributed by atoms with E-state index < -0.39 is 6.10 Å². The first-order valence-corrected chi connectivity index (χ1v) is 8.43. The van der Waals surface area contributed by atoms with Gasteiger partial charge in [-0.15, -0.1) is 0 Å². The van der Waals surface area contributed by atoms with Gasteiger partial charge in [-0.1, -0.05) is 6.07 Å². The number of ketones is 1. The van der Waals surface area contributed by atoms with Gasteiger partial charge >= 0.3 is 0 Å². The molecule has 2 aromatic rings. The third-order valence-corrected chi connectivity index (χ3v) is 4.63. The van der Waals surface area contributed by atoms with Crippen molar-refractivity contribution in [2.45, 2.75) is 52.7 Å². The molecule has 1 N–H and O–H groups in total. The van der Waals surface area contributed by atoms with E-state index >= 15 is 0 Å². The predicted molar refractivity (Wildman–Crippen MR) is 91.7 cm³/mol. The van der Waals surface area contributed by atoms with E-state index in [1.165, 1.54) is 24.5 Å². The third kappa shape index (κ3) is 3.36. The number of nitrogens with zero attached hydrogens (tertiary/aromatic N) is 2. The first kappa shape index (κ1) is 16.7. The molecule has 1 heterocycles. The lowest BCUT2D eigenvalue weighted by molar-refractivity contribution is 0.0885. The first-order chi connectivity index (χ1) is 11.5. The number of fused-ring (bicyclic) bond motifs is 1. The Morgan fingerprint density at radius 2 is 2.08 bits per heavy atom. The second-order valence-corrected chi connectivity index (χ2v) is 6.53.